The Kier molecular flexibility index (Phi) is 8.32. The second kappa shape index (κ2) is 9.73. The summed E-state index contributed by atoms with van der Waals surface area (Å²) in [7, 11) is -3.45. The van der Waals surface area contributed by atoms with Crippen LogP contribution >= 0.6 is 0 Å². The van der Waals surface area contributed by atoms with E-state index in [1.807, 2.05) is 20.8 Å². The molecule has 140 valence electrons. The normalized spacial score (nSPS) is 13.6. The van der Waals surface area contributed by atoms with Gasteiger partial charge in [0.2, 0.25) is 15.9 Å². The molecule has 0 spiro atoms. The topological polar surface area (TPSA) is 66.5 Å². The van der Waals surface area contributed by atoms with E-state index in [1.54, 1.807) is 30.3 Å². The Morgan fingerprint density at radius 2 is 1.68 bits per heavy atom. The van der Waals surface area contributed by atoms with Gasteiger partial charge in [0, 0.05) is 25.2 Å². The summed E-state index contributed by atoms with van der Waals surface area (Å²) in [6.45, 7) is 10.7. The molecular formula is C19H30N2O3S. The zero-order valence-corrected chi connectivity index (χ0v) is 16.6. The molecule has 1 atom stereocenters. The van der Waals surface area contributed by atoms with E-state index in [9.17, 15) is 13.2 Å². The monoisotopic (exact) mass is 366 g/mol. The van der Waals surface area contributed by atoms with E-state index in [-0.39, 0.29) is 16.8 Å². The Labute approximate surface area is 152 Å². The SMILES string of the molecule is CC[C@@H](NC(=O)/C=C/c1ccc(S(=O)(=O)N(CC)CC)cc1)C(C)C. The Balaban J connectivity index is 2.82. The fourth-order valence-corrected chi connectivity index (χ4v) is 4.06. The van der Waals surface area contributed by atoms with E-state index < -0.39 is 10.0 Å². The maximum atomic E-state index is 12.4. The van der Waals surface area contributed by atoms with Crippen molar-refractivity contribution in [3.8, 4) is 0 Å². The Bertz CT molecular complexity index is 675. The molecule has 0 unspecified atom stereocenters. The molecule has 0 aliphatic rings. The number of carbonyl (C=O) groups excluding carboxylic acids is 1. The Hall–Kier alpha value is -1.66. The van der Waals surface area contributed by atoms with Crippen LogP contribution in [0.15, 0.2) is 35.2 Å². The molecule has 1 N–H and O–H groups in total. The van der Waals surface area contributed by atoms with Gasteiger partial charge in [-0.1, -0.05) is 46.8 Å². The zero-order valence-electron chi connectivity index (χ0n) is 15.8. The van der Waals surface area contributed by atoms with Gasteiger partial charge in [0.05, 0.1) is 4.90 Å². The number of nitrogens with one attached hydrogen (secondary N) is 1. The number of hydrogen-bond acceptors (Lipinski definition) is 3. The molecule has 0 aliphatic carbocycles. The smallest absolute Gasteiger partial charge is 0.244 e. The number of benzene rings is 1. The third-order valence-corrected chi connectivity index (χ3v) is 6.29. The van der Waals surface area contributed by atoms with Crippen molar-refractivity contribution in [3.63, 3.8) is 0 Å². The second-order valence-electron chi connectivity index (χ2n) is 6.26. The van der Waals surface area contributed by atoms with Gasteiger partial charge < -0.3 is 5.32 Å². The molecule has 1 aromatic rings. The Morgan fingerprint density at radius 3 is 2.12 bits per heavy atom. The number of hydrogen-bond donors (Lipinski definition) is 1. The van der Waals surface area contributed by atoms with E-state index in [0.29, 0.717) is 19.0 Å². The molecule has 1 rings (SSSR count). The van der Waals surface area contributed by atoms with Crippen molar-refractivity contribution in [2.24, 2.45) is 5.92 Å². The van der Waals surface area contributed by atoms with Crippen LogP contribution in [0.5, 0.6) is 0 Å². The lowest BCUT2D eigenvalue weighted by atomic mass is 10.0. The van der Waals surface area contributed by atoms with Crippen molar-refractivity contribution >= 4 is 22.0 Å². The minimum Gasteiger partial charge on any atom is -0.350 e. The number of carbonyl (C=O) groups is 1. The average molecular weight is 367 g/mol. The first-order chi connectivity index (χ1) is 11.8. The van der Waals surface area contributed by atoms with Crippen molar-refractivity contribution in [3.05, 3.63) is 35.9 Å². The third-order valence-electron chi connectivity index (χ3n) is 4.22. The quantitative estimate of drug-likeness (QED) is 0.682. The van der Waals surface area contributed by atoms with Crippen molar-refractivity contribution in [2.75, 3.05) is 13.1 Å². The summed E-state index contributed by atoms with van der Waals surface area (Å²) in [6, 6.07) is 6.72. The lowest BCUT2D eigenvalue weighted by Crippen LogP contribution is -2.36. The zero-order chi connectivity index (χ0) is 19.0. The van der Waals surface area contributed by atoms with Gasteiger partial charge in [-0.3, -0.25) is 4.79 Å². The minimum atomic E-state index is -3.45. The van der Waals surface area contributed by atoms with Gasteiger partial charge in [-0.25, -0.2) is 8.42 Å². The predicted molar refractivity (Wildman–Crippen MR) is 103 cm³/mol. The van der Waals surface area contributed by atoms with Gasteiger partial charge in [-0.05, 0) is 36.1 Å². The van der Waals surface area contributed by atoms with Gasteiger partial charge in [-0.15, -0.1) is 0 Å². The highest BCUT2D eigenvalue weighted by atomic mass is 32.2. The number of rotatable bonds is 9. The average Bonchev–Trinajstić information content (AvgIpc) is 2.58. The molecule has 1 aromatic carbocycles. The second-order valence-corrected chi connectivity index (χ2v) is 8.20. The summed E-state index contributed by atoms with van der Waals surface area (Å²) in [4.78, 5) is 12.3. The molecule has 0 radical (unpaired) electrons. The Morgan fingerprint density at radius 1 is 1.12 bits per heavy atom. The van der Waals surface area contributed by atoms with Crippen LogP contribution in [-0.4, -0.2) is 37.8 Å². The van der Waals surface area contributed by atoms with Crippen molar-refractivity contribution in [2.45, 2.75) is 52.0 Å². The summed E-state index contributed by atoms with van der Waals surface area (Å²) < 4.78 is 26.3. The first-order valence-electron chi connectivity index (χ1n) is 8.84. The molecule has 0 saturated heterocycles. The van der Waals surface area contributed by atoms with E-state index in [1.165, 1.54) is 10.4 Å². The molecule has 0 bridgehead atoms. The molecule has 6 heteroatoms. The fourth-order valence-electron chi connectivity index (χ4n) is 2.61. The van der Waals surface area contributed by atoms with Gasteiger partial charge in [0.1, 0.15) is 0 Å². The van der Waals surface area contributed by atoms with Crippen LogP contribution in [0.2, 0.25) is 0 Å². The van der Waals surface area contributed by atoms with Gasteiger partial charge in [0.25, 0.3) is 0 Å². The van der Waals surface area contributed by atoms with Gasteiger partial charge in [0.15, 0.2) is 0 Å². The summed E-state index contributed by atoms with van der Waals surface area (Å²) in [5.41, 5.74) is 0.784. The first-order valence-corrected chi connectivity index (χ1v) is 10.3. The standard InChI is InChI=1S/C19H30N2O3S/c1-6-18(15(4)5)20-19(22)14-11-16-9-12-17(13-10-16)25(23,24)21(7-2)8-3/h9-15,18H,6-8H2,1-5H3,(H,20,22)/b14-11+/t18-/m1/s1. The van der Waals surface area contributed by atoms with E-state index >= 15 is 0 Å². The van der Waals surface area contributed by atoms with E-state index in [2.05, 4.69) is 19.2 Å². The molecule has 0 heterocycles. The molecule has 1 amide bonds. The maximum absolute atomic E-state index is 12.4. The first kappa shape index (κ1) is 21.4. The molecular weight excluding hydrogens is 336 g/mol. The minimum absolute atomic E-state index is 0.139. The summed E-state index contributed by atoms with van der Waals surface area (Å²) in [6.07, 6.45) is 4.06. The maximum Gasteiger partial charge on any atom is 0.244 e. The van der Waals surface area contributed by atoms with Crippen LogP contribution in [0, 0.1) is 5.92 Å². The molecule has 0 aromatic heterocycles. The largest absolute Gasteiger partial charge is 0.350 e. The molecule has 0 aliphatic heterocycles. The summed E-state index contributed by atoms with van der Waals surface area (Å²) in [5, 5.41) is 2.97. The van der Waals surface area contributed by atoms with Gasteiger partial charge in [-0.2, -0.15) is 4.31 Å². The van der Waals surface area contributed by atoms with Crippen LogP contribution in [-0.2, 0) is 14.8 Å². The molecule has 5 nitrogen and oxygen atoms in total. The van der Waals surface area contributed by atoms with Crippen LogP contribution in [0.3, 0.4) is 0 Å². The fraction of sp³-hybridized carbons (Fsp3) is 0.526. The van der Waals surface area contributed by atoms with Crippen LogP contribution in [0.1, 0.15) is 46.6 Å². The van der Waals surface area contributed by atoms with Crippen molar-refractivity contribution < 1.29 is 13.2 Å². The third kappa shape index (κ3) is 5.97. The molecule has 0 fully saturated rings. The van der Waals surface area contributed by atoms with E-state index in [4.69, 9.17) is 0 Å². The van der Waals surface area contributed by atoms with Crippen LogP contribution in [0.25, 0.3) is 6.08 Å². The highest BCUT2D eigenvalue weighted by Gasteiger charge is 2.20. The summed E-state index contributed by atoms with van der Waals surface area (Å²) in [5.74, 6) is 0.243. The van der Waals surface area contributed by atoms with E-state index in [0.717, 1.165) is 12.0 Å². The van der Waals surface area contributed by atoms with Crippen LogP contribution in [0.4, 0.5) is 0 Å². The van der Waals surface area contributed by atoms with Crippen molar-refractivity contribution in [1.82, 2.24) is 9.62 Å². The highest BCUT2D eigenvalue weighted by Crippen LogP contribution is 2.16. The number of nitrogens with zero attached hydrogens (tertiary/aromatic N) is 1. The van der Waals surface area contributed by atoms with Crippen LogP contribution < -0.4 is 5.32 Å². The highest BCUT2D eigenvalue weighted by molar-refractivity contribution is 7.89. The molecule has 25 heavy (non-hydrogen) atoms. The number of amides is 1. The van der Waals surface area contributed by atoms with Gasteiger partial charge >= 0.3 is 0 Å². The summed E-state index contributed by atoms with van der Waals surface area (Å²) >= 11 is 0. The number of sulfonamides is 1. The lowest BCUT2D eigenvalue weighted by molar-refractivity contribution is -0.117. The predicted octanol–water partition coefficient (Wildman–Crippen LogP) is 3.28. The van der Waals surface area contributed by atoms with Crippen molar-refractivity contribution in [1.29, 1.82) is 0 Å². The lowest BCUT2D eigenvalue weighted by Gasteiger charge is -2.19. The molecule has 0 saturated carbocycles.